The lowest BCUT2D eigenvalue weighted by Crippen LogP contribution is -2.54. The van der Waals surface area contributed by atoms with Crippen molar-refractivity contribution in [2.45, 2.75) is 43.5 Å². The molecule has 3 rings (SSSR count). The van der Waals surface area contributed by atoms with Gasteiger partial charge in [-0.1, -0.05) is 30.3 Å². The quantitative estimate of drug-likeness (QED) is 0.916. The van der Waals surface area contributed by atoms with Crippen molar-refractivity contribution in [2.24, 2.45) is 0 Å². The highest BCUT2D eigenvalue weighted by Gasteiger charge is 2.37. The van der Waals surface area contributed by atoms with Crippen LogP contribution in [0.2, 0.25) is 0 Å². The number of hydrogen-bond donors (Lipinski definition) is 1. The fraction of sp³-hybridized carbons (Fsp3) is 0.588. The van der Waals surface area contributed by atoms with Crippen molar-refractivity contribution in [1.29, 1.82) is 0 Å². The van der Waals surface area contributed by atoms with Gasteiger partial charge in [-0.2, -0.15) is 13.2 Å². The van der Waals surface area contributed by atoms with E-state index in [0.717, 1.165) is 12.8 Å². The molecule has 1 atom stereocenters. The monoisotopic (exact) mass is 342 g/mol. The molecule has 1 aromatic carbocycles. The van der Waals surface area contributed by atoms with E-state index in [-0.39, 0.29) is 25.2 Å². The van der Waals surface area contributed by atoms with E-state index < -0.39 is 18.7 Å². The highest BCUT2D eigenvalue weighted by Crippen LogP contribution is 2.36. The van der Waals surface area contributed by atoms with E-state index in [0.29, 0.717) is 12.5 Å². The standard InChI is InChI=1S/C17H21F3N2O2/c18-17(19,20)10-15-11-22(6-7-24-15)16(23)21-14-8-13(9-14)12-4-2-1-3-5-12/h1-5,13-15H,6-11H2,(H,21,23). The number of nitrogens with zero attached hydrogens (tertiary/aromatic N) is 1. The lowest BCUT2D eigenvalue weighted by atomic mass is 9.76. The van der Waals surface area contributed by atoms with Gasteiger partial charge in [0, 0.05) is 19.1 Å². The molecule has 7 heteroatoms. The Kier molecular flexibility index (Phi) is 4.99. The molecule has 0 bridgehead atoms. The summed E-state index contributed by atoms with van der Waals surface area (Å²) in [5, 5.41) is 2.92. The van der Waals surface area contributed by atoms with Crippen LogP contribution in [0.1, 0.15) is 30.7 Å². The average molecular weight is 342 g/mol. The molecule has 1 aliphatic carbocycles. The first-order valence-electron chi connectivity index (χ1n) is 8.19. The van der Waals surface area contributed by atoms with Gasteiger partial charge in [0.05, 0.1) is 19.1 Å². The van der Waals surface area contributed by atoms with Crippen molar-refractivity contribution >= 4 is 6.03 Å². The first-order valence-corrected chi connectivity index (χ1v) is 8.19. The molecular weight excluding hydrogens is 321 g/mol. The van der Waals surface area contributed by atoms with Gasteiger partial charge in [-0.15, -0.1) is 0 Å². The molecule has 0 aromatic heterocycles. The zero-order valence-electron chi connectivity index (χ0n) is 13.3. The second kappa shape index (κ2) is 7.01. The predicted octanol–water partition coefficient (Wildman–Crippen LogP) is 3.30. The van der Waals surface area contributed by atoms with E-state index in [1.165, 1.54) is 10.5 Å². The third kappa shape index (κ3) is 4.41. The van der Waals surface area contributed by atoms with Crippen LogP contribution in [0.25, 0.3) is 0 Å². The van der Waals surface area contributed by atoms with Gasteiger partial charge >= 0.3 is 12.2 Å². The van der Waals surface area contributed by atoms with Crippen LogP contribution in [-0.2, 0) is 4.74 Å². The third-order valence-electron chi connectivity index (χ3n) is 4.62. The van der Waals surface area contributed by atoms with E-state index in [1.807, 2.05) is 18.2 Å². The van der Waals surface area contributed by atoms with Crippen molar-refractivity contribution in [3.8, 4) is 0 Å². The number of halogens is 3. The summed E-state index contributed by atoms with van der Waals surface area (Å²) in [6.45, 7) is 0.459. The maximum atomic E-state index is 12.4. The van der Waals surface area contributed by atoms with Gasteiger partial charge in [-0.3, -0.25) is 0 Å². The maximum Gasteiger partial charge on any atom is 0.391 e. The number of rotatable bonds is 3. The molecule has 4 nitrogen and oxygen atoms in total. The van der Waals surface area contributed by atoms with Crippen LogP contribution in [0.15, 0.2) is 30.3 Å². The number of benzene rings is 1. The number of amides is 2. The Morgan fingerprint density at radius 3 is 2.62 bits per heavy atom. The minimum absolute atomic E-state index is 0.0137. The lowest BCUT2D eigenvalue weighted by Gasteiger charge is -2.39. The van der Waals surface area contributed by atoms with Crippen molar-refractivity contribution in [3.05, 3.63) is 35.9 Å². The minimum atomic E-state index is -4.28. The van der Waals surface area contributed by atoms with E-state index in [1.54, 1.807) is 0 Å². The number of ether oxygens (including phenoxy) is 1. The Hall–Kier alpha value is -1.76. The summed E-state index contributed by atoms with van der Waals surface area (Å²) in [5.74, 6) is 0.444. The van der Waals surface area contributed by atoms with Crippen molar-refractivity contribution in [2.75, 3.05) is 19.7 Å². The van der Waals surface area contributed by atoms with Crippen LogP contribution >= 0.6 is 0 Å². The van der Waals surface area contributed by atoms with Gasteiger partial charge in [-0.25, -0.2) is 4.79 Å². The highest BCUT2D eigenvalue weighted by molar-refractivity contribution is 5.74. The minimum Gasteiger partial charge on any atom is -0.374 e. The average Bonchev–Trinajstić information content (AvgIpc) is 2.49. The molecule has 1 unspecified atom stereocenters. The van der Waals surface area contributed by atoms with E-state index in [9.17, 15) is 18.0 Å². The zero-order chi connectivity index (χ0) is 17.2. The fourth-order valence-corrected chi connectivity index (χ4v) is 3.28. The Labute approximate surface area is 139 Å². The number of urea groups is 1. The Morgan fingerprint density at radius 1 is 1.25 bits per heavy atom. The van der Waals surface area contributed by atoms with Crippen LogP contribution in [0.4, 0.5) is 18.0 Å². The molecule has 0 radical (unpaired) electrons. The first-order chi connectivity index (χ1) is 11.4. The normalized spacial score (nSPS) is 27.5. The number of nitrogens with one attached hydrogen (secondary N) is 1. The molecule has 132 valence electrons. The van der Waals surface area contributed by atoms with Crippen LogP contribution in [0, 0.1) is 0 Å². The van der Waals surface area contributed by atoms with Crippen molar-refractivity contribution < 1.29 is 22.7 Å². The molecule has 1 N–H and O–H groups in total. The SMILES string of the molecule is O=C(NC1CC(c2ccccc2)C1)N1CCOC(CC(F)(F)F)C1. The Morgan fingerprint density at radius 2 is 1.96 bits per heavy atom. The summed E-state index contributed by atoms with van der Waals surface area (Å²) in [6.07, 6.45) is -4.53. The van der Waals surface area contributed by atoms with Gasteiger partial charge < -0.3 is 15.0 Å². The van der Waals surface area contributed by atoms with Crippen LogP contribution in [-0.4, -0.2) is 48.9 Å². The van der Waals surface area contributed by atoms with E-state index in [2.05, 4.69) is 17.4 Å². The van der Waals surface area contributed by atoms with Gasteiger partial charge in [0.15, 0.2) is 0 Å². The maximum absolute atomic E-state index is 12.4. The molecule has 24 heavy (non-hydrogen) atoms. The van der Waals surface area contributed by atoms with Gasteiger partial charge in [0.2, 0.25) is 0 Å². The first kappa shape index (κ1) is 17.1. The topological polar surface area (TPSA) is 41.6 Å². The van der Waals surface area contributed by atoms with Crippen molar-refractivity contribution in [1.82, 2.24) is 10.2 Å². The van der Waals surface area contributed by atoms with E-state index in [4.69, 9.17) is 4.74 Å². The number of carbonyl (C=O) groups is 1. The zero-order valence-corrected chi connectivity index (χ0v) is 13.3. The predicted molar refractivity (Wildman–Crippen MR) is 82.7 cm³/mol. The largest absolute Gasteiger partial charge is 0.391 e. The van der Waals surface area contributed by atoms with Gasteiger partial charge in [0.1, 0.15) is 0 Å². The Bertz CT molecular complexity index is 559. The van der Waals surface area contributed by atoms with Crippen molar-refractivity contribution in [3.63, 3.8) is 0 Å². The molecule has 2 amide bonds. The molecule has 1 aliphatic heterocycles. The summed E-state index contributed by atoms with van der Waals surface area (Å²) < 4.78 is 42.5. The summed E-state index contributed by atoms with van der Waals surface area (Å²) >= 11 is 0. The smallest absolute Gasteiger partial charge is 0.374 e. The fourth-order valence-electron chi connectivity index (χ4n) is 3.28. The molecule has 1 aromatic rings. The van der Waals surface area contributed by atoms with Gasteiger partial charge in [0.25, 0.3) is 0 Å². The van der Waals surface area contributed by atoms with Crippen LogP contribution in [0.5, 0.6) is 0 Å². The second-order valence-corrected chi connectivity index (χ2v) is 6.48. The molecule has 1 saturated carbocycles. The third-order valence-corrected chi connectivity index (χ3v) is 4.62. The molecule has 0 spiro atoms. The summed E-state index contributed by atoms with van der Waals surface area (Å²) in [4.78, 5) is 13.7. The van der Waals surface area contributed by atoms with E-state index >= 15 is 0 Å². The Balaban J connectivity index is 1.44. The highest BCUT2D eigenvalue weighted by atomic mass is 19.4. The number of hydrogen-bond acceptors (Lipinski definition) is 2. The lowest BCUT2D eigenvalue weighted by molar-refractivity contribution is -0.168. The number of morpholine rings is 1. The number of carbonyl (C=O) groups excluding carboxylic acids is 1. The second-order valence-electron chi connectivity index (χ2n) is 6.48. The van der Waals surface area contributed by atoms with Crippen LogP contribution in [0.3, 0.4) is 0 Å². The summed E-state index contributed by atoms with van der Waals surface area (Å²) in [7, 11) is 0. The van der Waals surface area contributed by atoms with Gasteiger partial charge in [-0.05, 0) is 24.3 Å². The molecule has 1 saturated heterocycles. The molecule has 1 heterocycles. The summed E-state index contributed by atoms with van der Waals surface area (Å²) in [5.41, 5.74) is 1.26. The molecule has 2 fully saturated rings. The number of alkyl halides is 3. The molecule has 2 aliphatic rings. The molecular formula is C17H21F3N2O2. The summed E-state index contributed by atoms with van der Waals surface area (Å²) in [6, 6.07) is 9.91. The van der Waals surface area contributed by atoms with Crippen LogP contribution < -0.4 is 5.32 Å².